The molecule has 3 heterocycles. The third-order valence-electron chi connectivity index (χ3n) is 3.33. The molecule has 1 saturated heterocycles. The molecule has 2 aromatic rings. The van der Waals surface area contributed by atoms with E-state index in [2.05, 4.69) is 25.2 Å². The summed E-state index contributed by atoms with van der Waals surface area (Å²) in [4.78, 5) is 26.8. The molecule has 1 amide bonds. The molecule has 2 aromatic heterocycles. The number of nitrogens with zero attached hydrogens (tertiary/aromatic N) is 4. The predicted molar refractivity (Wildman–Crippen MR) is 77.7 cm³/mol. The highest BCUT2D eigenvalue weighted by Gasteiger charge is 2.26. The number of thiazole rings is 1. The molecule has 1 aliphatic rings. The van der Waals surface area contributed by atoms with Gasteiger partial charge in [0.25, 0.3) is 0 Å². The number of hydrogen-bond donors (Lipinski definition) is 1. The molecule has 104 valence electrons. The second kappa shape index (κ2) is 5.96. The minimum Gasteiger partial charge on any atom is -0.355 e. The quantitative estimate of drug-likeness (QED) is 0.932. The van der Waals surface area contributed by atoms with Crippen molar-refractivity contribution in [3.63, 3.8) is 0 Å². The Morgan fingerprint density at radius 3 is 3.05 bits per heavy atom. The second-order valence-electron chi connectivity index (χ2n) is 4.68. The zero-order chi connectivity index (χ0) is 13.8. The van der Waals surface area contributed by atoms with E-state index in [-0.39, 0.29) is 11.8 Å². The molecule has 6 nitrogen and oxygen atoms in total. The van der Waals surface area contributed by atoms with Crippen LogP contribution in [0.25, 0.3) is 0 Å². The maximum atomic E-state index is 12.2. The lowest BCUT2D eigenvalue weighted by Gasteiger charge is -2.32. The zero-order valence-corrected chi connectivity index (χ0v) is 11.7. The number of aromatic nitrogens is 3. The average Bonchev–Trinajstić information content (AvgIpc) is 3.01. The van der Waals surface area contributed by atoms with E-state index in [0.717, 1.165) is 25.2 Å². The van der Waals surface area contributed by atoms with E-state index >= 15 is 0 Å². The highest BCUT2D eigenvalue weighted by Crippen LogP contribution is 2.22. The van der Waals surface area contributed by atoms with Crippen LogP contribution in [0.4, 0.5) is 10.9 Å². The first-order valence-electron chi connectivity index (χ1n) is 6.54. The lowest BCUT2D eigenvalue weighted by atomic mass is 9.97. The van der Waals surface area contributed by atoms with E-state index in [1.54, 1.807) is 24.8 Å². The number of rotatable bonds is 3. The lowest BCUT2D eigenvalue weighted by molar-refractivity contribution is -0.120. The average molecular weight is 289 g/mol. The van der Waals surface area contributed by atoms with Gasteiger partial charge in [-0.25, -0.2) is 9.97 Å². The van der Waals surface area contributed by atoms with Gasteiger partial charge in [0, 0.05) is 37.1 Å². The molecule has 0 bridgehead atoms. The Labute approximate surface area is 120 Å². The Hall–Kier alpha value is -2.02. The zero-order valence-electron chi connectivity index (χ0n) is 10.9. The molecule has 1 unspecified atom stereocenters. The van der Waals surface area contributed by atoms with Crippen LogP contribution in [0.1, 0.15) is 12.8 Å². The van der Waals surface area contributed by atoms with Crippen LogP contribution in [0.3, 0.4) is 0 Å². The maximum Gasteiger partial charge on any atom is 0.231 e. The molecule has 0 spiro atoms. The van der Waals surface area contributed by atoms with Crippen molar-refractivity contribution in [2.45, 2.75) is 12.8 Å². The van der Waals surface area contributed by atoms with E-state index in [1.165, 1.54) is 11.3 Å². The Bertz CT molecular complexity index is 559. The highest BCUT2D eigenvalue weighted by molar-refractivity contribution is 7.13. The van der Waals surface area contributed by atoms with Crippen LogP contribution < -0.4 is 10.2 Å². The molecule has 0 aliphatic carbocycles. The standard InChI is InChI=1S/C13H15N5OS/c19-12(17-13-16-5-7-20-13)10-2-1-6-18(9-10)11-8-14-3-4-15-11/h3-5,7-8,10H,1-2,6,9H2,(H,16,17,19). The number of hydrogen-bond acceptors (Lipinski definition) is 6. The van der Waals surface area contributed by atoms with Crippen molar-refractivity contribution < 1.29 is 4.79 Å². The van der Waals surface area contributed by atoms with Gasteiger partial charge in [0.2, 0.25) is 5.91 Å². The molecule has 7 heteroatoms. The number of amides is 1. The minimum absolute atomic E-state index is 0.0327. The Morgan fingerprint density at radius 1 is 1.35 bits per heavy atom. The molecule has 1 atom stereocenters. The topological polar surface area (TPSA) is 71.0 Å². The van der Waals surface area contributed by atoms with Gasteiger partial charge in [-0.2, -0.15) is 0 Å². The lowest BCUT2D eigenvalue weighted by Crippen LogP contribution is -2.41. The van der Waals surface area contributed by atoms with Crippen LogP contribution in [0.5, 0.6) is 0 Å². The number of carbonyl (C=O) groups excluding carboxylic acids is 1. The van der Waals surface area contributed by atoms with Gasteiger partial charge in [0.05, 0.1) is 12.1 Å². The van der Waals surface area contributed by atoms with Gasteiger partial charge in [0.15, 0.2) is 5.13 Å². The molecular weight excluding hydrogens is 274 g/mol. The largest absolute Gasteiger partial charge is 0.355 e. The van der Waals surface area contributed by atoms with Crippen molar-refractivity contribution in [3.8, 4) is 0 Å². The minimum atomic E-state index is -0.0327. The van der Waals surface area contributed by atoms with Gasteiger partial charge in [-0.05, 0) is 12.8 Å². The van der Waals surface area contributed by atoms with Crippen LogP contribution in [0, 0.1) is 5.92 Å². The van der Waals surface area contributed by atoms with E-state index in [4.69, 9.17) is 0 Å². The summed E-state index contributed by atoms with van der Waals surface area (Å²) in [6.45, 7) is 1.59. The van der Waals surface area contributed by atoms with Crippen LogP contribution in [-0.4, -0.2) is 33.9 Å². The first kappa shape index (κ1) is 13.0. The van der Waals surface area contributed by atoms with E-state index in [9.17, 15) is 4.79 Å². The summed E-state index contributed by atoms with van der Waals surface area (Å²) in [6, 6.07) is 0. The normalized spacial score (nSPS) is 18.8. The van der Waals surface area contributed by atoms with Crippen molar-refractivity contribution in [2.24, 2.45) is 5.92 Å². The van der Waals surface area contributed by atoms with E-state index in [0.29, 0.717) is 11.7 Å². The van der Waals surface area contributed by atoms with Crippen LogP contribution in [0.2, 0.25) is 0 Å². The molecule has 20 heavy (non-hydrogen) atoms. The van der Waals surface area contributed by atoms with Gasteiger partial charge < -0.3 is 10.2 Å². The summed E-state index contributed by atoms with van der Waals surface area (Å²) in [6.07, 6.45) is 8.63. The molecule has 0 aromatic carbocycles. The van der Waals surface area contributed by atoms with Crippen molar-refractivity contribution in [2.75, 3.05) is 23.3 Å². The summed E-state index contributed by atoms with van der Waals surface area (Å²) < 4.78 is 0. The molecule has 0 radical (unpaired) electrons. The SMILES string of the molecule is O=C(Nc1nccs1)C1CCCN(c2cnccn2)C1. The molecule has 0 saturated carbocycles. The van der Waals surface area contributed by atoms with Crippen molar-refractivity contribution in [1.82, 2.24) is 15.0 Å². The summed E-state index contributed by atoms with van der Waals surface area (Å²) in [7, 11) is 0. The van der Waals surface area contributed by atoms with Gasteiger partial charge in [0.1, 0.15) is 5.82 Å². The number of anilines is 2. The summed E-state index contributed by atoms with van der Waals surface area (Å²) in [5, 5.41) is 5.38. The molecule has 1 fully saturated rings. The number of piperidine rings is 1. The fourth-order valence-electron chi connectivity index (χ4n) is 2.35. The van der Waals surface area contributed by atoms with Crippen molar-refractivity contribution in [3.05, 3.63) is 30.2 Å². The number of nitrogens with one attached hydrogen (secondary N) is 1. The molecular formula is C13H15N5OS. The molecule has 1 aliphatic heterocycles. The van der Waals surface area contributed by atoms with E-state index < -0.39 is 0 Å². The first-order chi connectivity index (χ1) is 9.83. The third kappa shape index (κ3) is 2.93. The fourth-order valence-corrected chi connectivity index (χ4v) is 2.88. The Kier molecular flexibility index (Phi) is 3.87. The summed E-state index contributed by atoms with van der Waals surface area (Å²) in [5.41, 5.74) is 0. The Balaban J connectivity index is 1.64. The fraction of sp³-hybridized carbons (Fsp3) is 0.385. The first-order valence-corrected chi connectivity index (χ1v) is 7.42. The monoisotopic (exact) mass is 289 g/mol. The van der Waals surface area contributed by atoms with Crippen molar-refractivity contribution >= 4 is 28.2 Å². The third-order valence-corrected chi connectivity index (χ3v) is 4.02. The molecule has 3 rings (SSSR count). The molecule has 1 N–H and O–H groups in total. The van der Waals surface area contributed by atoms with Gasteiger partial charge in [-0.15, -0.1) is 11.3 Å². The van der Waals surface area contributed by atoms with Crippen LogP contribution >= 0.6 is 11.3 Å². The number of carbonyl (C=O) groups is 1. The van der Waals surface area contributed by atoms with Gasteiger partial charge >= 0.3 is 0 Å². The van der Waals surface area contributed by atoms with Gasteiger partial charge in [-0.1, -0.05) is 0 Å². The van der Waals surface area contributed by atoms with Crippen LogP contribution in [0.15, 0.2) is 30.2 Å². The maximum absolute atomic E-state index is 12.2. The van der Waals surface area contributed by atoms with Crippen LogP contribution in [-0.2, 0) is 4.79 Å². The Morgan fingerprint density at radius 2 is 2.30 bits per heavy atom. The van der Waals surface area contributed by atoms with Crippen molar-refractivity contribution in [1.29, 1.82) is 0 Å². The highest BCUT2D eigenvalue weighted by atomic mass is 32.1. The smallest absolute Gasteiger partial charge is 0.231 e. The predicted octanol–water partition coefficient (Wildman–Crippen LogP) is 1.79. The summed E-state index contributed by atoms with van der Waals surface area (Å²) in [5.74, 6) is 0.836. The van der Waals surface area contributed by atoms with Gasteiger partial charge in [-0.3, -0.25) is 9.78 Å². The second-order valence-corrected chi connectivity index (χ2v) is 5.57. The van der Waals surface area contributed by atoms with E-state index in [1.807, 2.05) is 5.38 Å². The summed E-state index contributed by atoms with van der Waals surface area (Å²) >= 11 is 1.43.